The van der Waals surface area contributed by atoms with Gasteiger partial charge in [0.15, 0.2) is 0 Å². The highest BCUT2D eigenvalue weighted by Crippen LogP contribution is 2.11. The maximum Gasteiger partial charge on any atom is 0.307 e. The third kappa shape index (κ3) is 5.95. The van der Waals surface area contributed by atoms with E-state index in [1.54, 1.807) is 25.2 Å². The molecule has 0 unspecified atom stereocenters. The van der Waals surface area contributed by atoms with Gasteiger partial charge in [-0.15, -0.1) is 0 Å². The van der Waals surface area contributed by atoms with Gasteiger partial charge < -0.3 is 15.0 Å². The van der Waals surface area contributed by atoms with Crippen LogP contribution in [0.15, 0.2) is 28.7 Å². The van der Waals surface area contributed by atoms with Gasteiger partial charge in [0.2, 0.25) is 5.91 Å². The maximum atomic E-state index is 11.9. The molecule has 0 saturated heterocycles. The van der Waals surface area contributed by atoms with Crippen molar-refractivity contribution in [2.24, 2.45) is 0 Å². The highest BCUT2D eigenvalue weighted by Gasteiger charge is 2.13. The first-order valence-corrected chi connectivity index (χ1v) is 7.08. The third-order valence-corrected chi connectivity index (χ3v) is 3.28. The predicted molar refractivity (Wildman–Crippen MR) is 80.7 cm³/mol. The molecule has 1 aromatic carbocycles. The van der Waals surface area contributed by atoms with Crippen LogP contribution < -0.4 is 5.32 Å². The van der Waals surface area contributed by atoms with Crippen LogP contribution in [0.4, 0.5) is 0 Å². The molecule has 0 aliphatic carbocycles. The Morgan fingerprint density at radius 3 is 2.67 bits per heavy atom. The van der Waals surface area contributed by atoms with Gasteiger partial charge in [0.05, 0.1) is 20.1 Å². The number of rotatable bonds is 6. The summed E-state index contributed by atoms with van der Waals surface area (Å²) in [6.45, 7) is 0.126. The number of nitrogens with one attached hydrogen (secondary N) is 1. The number of likely N-dealkylation sites (N-methyl/N-ethyl adjacent to an activating group) is 1. The summed E-state index contributed by atoms with van der Waals surface area (Å²) in [6.07, 6.45) is 0.123. The Morgan fingerprint density at radius 1 is 1.33 bits per heavy atom. The lowest BCUT2D eigenvalue weighted by Crippen LogP contribution is -2.39. The van der Waals surface area contributed by atoms with E-state index in [1.807, 2.05) is 6.07 Å². The summed E-state index contributed by atoms with van der Waals surface area (Å²) in [7, 11) is 2.86. The van der Waals surface area contributed by atoms with Gasteiger partial charge in [-0.3, -0.25) is 14.4 Å². The van der Waals surface area contributed by atoms with Crippen LogP contribution in [0, 0.1) is 0 Å². The minimum atomic E-state index is -0.382. The van der Waals surface area contributed by atoms with Crippen LogP contribution in [0.3, 0.4) is 0 Å². The van der Waals surface area contributed by atoms with Crippen LogP contribution in [0.1, 0.15) is 16.8 Å². The zero-order valence-electron chi connectivity index (χ0n) is 11.9. The summed E-state index contributed by atoms with van der Waals surface area (Å²) in [5.41, 5.74) is 0.467. The van der Waals surface area contributed by atoms with Crippen molar-refractivity contribution in [3.05, 3.63) is 34.3 Å². The fourth-order valence-electron chi connectivity index (χ4n) is 1.51. The van der Waals surface area contributed by atoms with E-state index >= 15 is 0 Å². The Balaban J connectivity index is 2.41. The fraction of sp³-hybridized carbons (Fsp3) is 0.357. The number of methoxy groups -OCH3 is 1. The molecule has 21 heavy (non-hydrogen) atoms. The highest BCUT2D eigenvalue weighted by atomic mass is 79.9. The minimum absolute atomic E-state index is 0.122. The molecular weight excluding hydrogens is 340 g/mol. The Kier molecular flexibility index (Phi) is 6.87. The monoisotopic (exact) mass is 356 g/mol. The van der Waals surface area contributed by atoms with E-state index in [9.17, 15) is 14.4 Å². The Labute approximate surface area is 131 Å². The van der Waals surface area contributed by atoms with E-state index in [2.05, 4.69) is 26.0 Å². The van der Waals surface area contributed by atoms with Crippen molar-refractivity contribution < 1.29 is 19.1 Å². The molecule has 2 amide bonds. The average Bonchev–Trinajstić information content (AvgIpc) is 2.49. The normalized spacial score (nSPS) is 9.86. The first-order valence-electron chi connectivity index (χ1n) is 6.28. The average molecular weight is 357 g/mol. The minimum Gasteiger partial charge on any atom is -0.469 e. The number of ether oxygens (including phenoxy) is 1. The second kappa shape index (κ2) is 8.41. The number of hydrogen-bond donors (Lipinski definition) is 1. The van der Waals surface area contributed by atoms with Gasteiger partial charge in [-0.1, -0.05) is 22.0 Å². The van der Waals surface area contributed by atoms with Crippen LogP contribution in [0.25, 0.3) is 0 Å². The lowest BCUT2D eigenvalue weighted by atomic mass is 10.2. The van der Waals surface area contributed by atoms with Gasteiger partial charge in [-0.05, 0) is 18.2 Å². The fourth-order valence-corrected chi connectivity index (χ4v) is 1.91. The summed E-state index contributed by atoms with van der Waals surface area (Å²) >= 11 is 3.28. The molecule has 1 N–H and O–H groups in total. The van der Waals surface area contributed by atoms with E-state index < -0.39 is 0 Å². The predicted octanol–water partition coefficient (Wildman–Crippen LogP) is 1.20. The lowest BCUT2D eigenvalue weighted by molar-refractivity contribution is -0.141. The number of benzene rings is 1. The number of carbonyl (C=O) groups excluding carboxylic acids is 3. The van der Waals surface area contributed by atoms with Gasteiger partial charge in [0, 0.05) is 23.6 Å². The molecule has 0 aliphatic heterocycles. The molecule has 7 heteroatoms. The van der Waals surface area contributed by atoms with E-state index in [0.717, 1.165) is 4.47 Å². The SMILES string of the molecule is COC(=O)CCN(C)C(=O)CNC(=O)c1cccc(Br)c1. The van der Waals surface area contributed by atoms with Crippen LogP contribution >= 0.6 is 15.9 Å². The summed E-state index contributed by atoms with van der Waals surface area (Å²) in [4.78, 5) is 36.0. The van der Waals surface area contributed by atoms with Gasteiger partial charge in [0.1, 0.15) is 0 Å². The van der Waals surface area contributed by atoms with E-state index in [-0.39, 0.29) is 37.3 Å². The van der Waals surface area contributed by atoms with Crippen molar-refractivity contribution in [1.29, 1.82) is 0 Å². The van der Waals surface area contributed by atoms with Crippen LogP contribution in [0.5, 0.6) is 0 Å². The van der Waals surface area contributed by atoms with Crippen molar-refractivity contribution in [3.8, 4) is 0 Å². The van der Waals surface area contributed by atoms with Gasteiger partial charge >= 0.3 is 5.97 Å². The van der Waals surface area contributed by atoms with Crippen molar-refractivity contribution in [1.82, 2.24) is 10.2 Å². The van der Waals surface area contributed by atoms with E-state index in [0.29, 0.717) is 5.56 Å². The van der Waals surface area contributed by atoms with Gasteiger partial charge in [-0.25, -0.2) is 0 Å². The molecule has 0 aromatic heterocycles. The molecule has 1 rings (SSSR count). The van der Waals surface area contributed by atoms with Crippen molar-refractivity contribution in [2.45, 2.75) is 6.42 Å². The zero-order chi connectivity index (χ0) is 15.8. The first-order chi connectivity index (χ1) is 9.93. The van der Waals surface area contributed by atoms with E-state index in [1.165, 1.54) is 12.0 Å². The molecule has 1 aromatic rings. The highest BCUT2D eigenvalue weighted by molar-refractivity contribution is 9.10. The summed E-state index contributed by atoms with van der Waals surface area (Å²) < 4.78 is 5.29. The van der Waals surface area contributed by atoms with Crippen molar-refractivity contribution in [3.63, 3.8) is 0 Å². The molecule has 0 saturated carbocycles. The molecule has 6 nitrogen and oxygen atoms in total. The molecule has 0 aliphatic rings. The van der Waals surface area contributed by atoms with Crippen LogP contribution in [0.2, 0.25) is 0 Å². The topological polar surface area (TPSA) is 75.7 Å². The van der Waals surface area contributed by atoms with Crippen molar-refractivity contribution >= 4 is 33.7 Å². The number of esters is 1. The Bertz CT molecular complexity index is 533. The van der Waals surface area contributed by atoms with E-state index in [4.69, 9.17) is 0 Å². The number of amides is 2. The lowest BCUT2D eigenvalue weighted by Gasteiger charge is -2.16. The number of carbonyl (C=O) groups is 3. The molecular formula is C14H17BrN2O4. The number of hydrogen-bond acceptors (Lipinski definition) is 4. The van der Waals surface area contributed by atoms with Gasteiger partial charge in [0.25, 0.3) is 5.91 Å². The third-order valence-electron chi connectivity index (χ3n) is 2.79. The molecule has 114 valence electrons. The standard InChI is InChI=1S/C14H17BrN2O4/c1-17(7-6-13(19)21-2)12(18)9-16-14(20)10-4-3-5-11(15)8-10/h3-5,8H,6-7,9H2,1-2H3,(H,16,20). The van der Waals surface area contributed by atoms with Crippen LogP contribution in [-0.4, -0.2) is 49.9 Å². The first kappa shape index (κ1) is 17.2. The summed E-state index contributed by atoms with van der Waals surface area (Å²) in [5, 5.41) is 2.54. The quantitative estimate of drug-likeness (QED) is 0.777. The summed E-state index contributed by atoms with van der Waals surface area (Å²) in [6, 6.07) is 6.87. The molecule has 0 heterocycles. The molecule has 0 fully saturated rings. The molecule has 0 radical (unpaired) electrons. The summed E-state index contributed by atoms with van der Waals surface area (Å²) in [5.74, 6) is -0.985. The smallest absolute Gasteiger partial charge is 0.307 e. The number of halogens is 1. The van der Waals surface area contributed by atoms with Crippen LogP contribution in [-0.2, 0) is 14.3 Å². The zero-order valence-corrected chi connectivity index (χ0v) is 13.5. The maximum absolute atomic E-state index is 11.9. The molecule has 0 spiro atoms. The number of nitrogens with zero attached hydrogens (tertiary/aromatic N) is 1. The van der Waals surface area contributed by atoms with Crippen molar-refractivity contribution in [2.75, 3.05) is 27.2 Å². The Morgan fingerprint density at radius 2 is 2.05 bits per heavy atom. The Hall–Kier alpha value is -1.89. The second-order valence-corrected chi connectivity index (χ2v) is 5.25. The second-order valence-electron chi connectivity index (χ2n) is 4.33. The van der Waals surface area contributed by atoms with Gasteiger partial charge in [-0.2, -0.15) is 0 Å². The molecule has 0 bridgehead atoms. The largest absolute Gasteiger partial charge is 0.469 e. The molecule has 0 atom stereocenters.